The number of anilines is 2. The predicted molar refractivity (Wildman–Crippen MR) is 154 cm³/mol. The summed E-state index contributed by atoms with van der Waals surface area (Å²) >= 11 is 0. The normalized spacial score (nSPS) is 13.7. The summed E-state index contributed by atoms with van der Waals surface area (Å²) in [6.45, 7) is 3.88. The number of phenols is 1. The average molecular weight is 556 g/mol. The number of carbonyl (C=O) groups excluding carboxylic acids is 1. The number of sulfone groups is 1. The standard InChI is InChI=1S/C30H25N3O6S/c1-16-10-11-19(14-17(16)2)25-24(40(3,38)39)13-12-22-26(25)31-29(35)27(22)33-32-23-9-5-8-21(28(23)34)18-6-4-7-20(15-18)30(36)37/h4-15,32,34H,1-3H3,(H,36,37)(H,31,33,35). The van der Waals surface area contributed by atoms with E-state index in [9.17, 15) is 28.2 Å². The van der Waals surface area contributed by atoms with Crippen molar-refractivity contribution >= 4 is 38.8 Å². The maximum absolute atomic E-state index is 13.0. The molecular formula is C30H25N3O6S. The van der Waals surface area contributed by atoms with Crippen LogP contribution in [0.1, 0.15) is 27.0 Å². The Morgan fingerprint density at radius 3 is 2.35 bits per heavy atom. The molecule has 4 aromatic carbocycles. The molecule has 1 amide bonds. The molecule has 1 aliphatic heterocycles. The van der Waals surface area contributed by atoms with Crippen LogP contribution in [-0.4, -0.2) is 42.5 Å². The number of rotatable bonds is 6. The van der Waals surface area contributed by atoms with Crippen LogP contribution in [0, 0.1) is 13.8 Å². The molecule has 0 aromatic heterocycles. The van der Waals surface area contributed by atoms with Gasteiger partial charge in [-0.3, -0.25) is 10.2 Å². The molecule has 202 valence electrons. The lowest BCUT2D eigenvalue weighted by Crippen LogP contribution is -2.16. The maximum Gasteiger partial charge on any atom is 0.335 e. The number of aryl methyl sites for hydroxylation is 2. The zero-order chi connectivity index (χ0) is 28.8. The number of nitrogens with one attached hydrogen (secondary N) is 2. The van der Waals surface area contributed by atoms with Crippen molar-refractivity contribution in [2.24, 2.45) is 5.10 Å². The van der Waals surface area contributed by atoms with Gasteiger partial charge in [-0.15, -0.1) is 0 Å². The van der Waals surface area contributed by atoms with Gasteiger partial charge in [0.25, 0.3) is 5.91 Å². The summed E-state index contributed by atoms with van der Waals surface area (Å²) in [5, 5.41) is 27.3. The van der Waals surface area contributed by atoms with E-state index in [1.807, 2.05) is 32.0 Å². The molecule has 4 aromatic rings. The zero-order valence-corrected chi connectivity index (χ0v) is 22.6. The number of amides is 1. The van der Waals surface area contributed by atoms with Crippen molar-refractivity contribution in [3.05, 3.63) is 95.1 Å². The first-order valence-electron chi connectivity index (χ1n) is 12.2. The van der Waals surface area contributed by atoms with E-state index in [1.165, 1.54) is 24.3 Å². The number of carboxylic acid groups (broad SMARTS) is 1. The minimum atomic E-state index is -3.64. The monoisotopic (exact) mass is 555 g/mol. The lowest BCUT2D eigenvalue weighted by atomic mass is 9.97. The molecule has 1 heterocycles. The molecule has 10 heteroatoms. The van der Waals surface area contributed by atoms with Gasteiger partial charge in [-0.1, -0.05) is 42.5 Å². The van der Waals surface area contributed by atoms with Gasteiger partial charge in [0.05, 0.1) is 21.8 Å². The molecule has 4 N–H and O–H groups in total. The third-order valence-electron chi connectivity index (χ3n) is 6.82. The third kappa shape index (κ3) is 4.80. The van der Waals surface area contributed by atoms with Crippen molar-refractivity contribution in [2.75, 3.05) is 17.0 Å². The highest BCUT2D eigenvalue weighted by atomic mass is 32.2. The van der Waals surface area contributed by atoms with Crippen LogP contribution in [-0.2, 0) is 14.6 Å². The van der Waals surface area contributed by atoms with Crippen molar-refractivity contribution in [3.8, 4) is 28.0 Å². The molecule has 0 saturated carbocycles. The number of aromatic hydroxyl groups is 1. The van der Waals surface area contributed by atoms with Gasteiger partial charge in [0.1, 0.15) is 5.75 Å². The topological polar surface area (TPSA) is 145 Å². The van der Waals surface area contributed by atoms with E-state index < -0.39 is 21.7 Å². The Hall–Kier alpha value is -4.96. The number of hydrazone groups is 1. The molecule has 0 radical (unpaired) electrons. The van der Waals surface area contributed by atoms with Crippen LogP contribution in [0.25, 0.3) is 22.3 Å². The Bertz CT molecular complexity index is 1860. The van der Waals surface area contributed by atoms with Crippen LogP contribution < -0.4 is 10.7 Å². The number of hydrogen-bond acceptors (Lipinski definition) is 7. The highest BCUT2D eigenvalue weighted by Gasteiger charge is 2.32. The lowest BCUT2D eigenvalue weighted by Gasteiger charge is -2.14. The highest BCUT2D eigenvalue weighted by Crippen LogP contribution is 2.41. The van der Waals surface area contributed by atoms with E-state index in [0.29, 0.717) is 33.5 Å². The second-order valence-electron chi connectivity index (χ2n) is 9.55. The maximum atomic E-state index is 13.0. The van der Waals surface area contributed by atoms with Gasteiger partial charge in [-0.2, -0.15) is 5.10 Å². The summed E-state index contributed by atoms with van der Waals surface area (Å²) in [4.78, 5) is 24.5. The van der Waals surface area contributed by atoms with Gasteiger partial charge in [-0.25, -0.2) is 13.2 Å². The first-order chi connectivity index (χ1) is 19.0. The summed E-state index contributed by atoms with van der Waals surface area (Å²) in [7, 11) is -3.64. The van der Waals surface area contributed by atoms with E-state index >= 15 is 0 Å². The number of aromatic carboxylic acids is 1. The summed E-state index contributed by atoms with van der Waals surface area (Å²) in [6.07, 6.45) is 1.12. The quantitative estimate of drug-likeness (QED) is 0.189. The molecule has 0 spiro atoms. The van der Waals surface area contributed by atoms with Gasteiger partial charge in [0, 0.05) is 22.9 Å². The van der Waals surface area contributed by atoms with Crippen LogP contribution in [0.3, 0.4) is 0 Å². The lowest BCUT2D eigenvalue weighted by molar-refractivity contribution is -0.110. The Labute approximate surface area is 230 Å². The van der Waals surface area contributed by atoms with Gasteiger partial charge < -0.3 is 15.5 Å². The van der Waals surface area contributed by atoms with Crippen LogP contribution in [0.2, 0.25) is 0 Å². The number of phenolic OH excluding ortho intramolecular Hbond substituents is 1. The summed E-state index contributed by atoms with van der Waals surface area (Å²) in [5.41, 5.74) is 7.65. The molecular weight excluding hydrogens is 530 g/mol. The summed E-state index contributed by atoms with van der Waals surface area (Å²) in [5.74, 6) is -1.81. The fraction of sp³-hybridized carbons (Fsp3) is 0.100. The molecule has 0 atom stereocenters. The minimum absolute atomic E-state index is 0.0119. The zero-order valence-electron chi connectivity index (χ0n) is 21.8. The van der Waals surface area contributed by atoms with Gasteiger partial charge in [0.2, 0.25) is 0 Å². The third-order valence-corrected chi connectivity index (χ3v) is 7.95. The second kappa shape index (κ2) is 9.97. The second-order valence-corrected chi connectivity index (χ2v) is 11.5. The molecule has 0 saturated heterocycles. The smallest absolute Gasteiger partial charge is 0.335 e. The van der Waals surface area contributed by atoms with Crippen molar-refractivity contribution < 1.29 is 28.2 Å². The van der Waals surface area contributed by atoms with Crippen LogP contribution in [0.15, 0.2) is 82.8 Å². The van der Waals surface area contributed by atoms with Crippen molar-refractivity contribution in [3.63, 3.8) is 0 Å². The van der Waals surface area contributed by atoms with E-state index in [2.05, 4.69) is 15.8 Å². The molecule has 9 nitrogen and oxygen atoms in total. The molecule has 0 bridgehead atoms. The fourth-order valence-corrected chi connectivity index (χ4v) is 5.52. The van der Waals surface area contributed by atoms with Crippen molar-refractivity contribution in [2.45, 2.75) is 18.7 Å². The van der Waals surface area contributed by atoms with Crippen molar-refractivity contribution in [1.29, 1.82) is 0 Å². The van der Waals surface area contributed by atoms with E-state index in [1.54, 1.807) is 30.3 Å². The predicted octanol–water partition coefficient (Wildman–Crippen LogP) is 5.21. The first-order valence-corrected chi connectivity index (χ1v) is 14.1. The first kappa shape index (κ1) is 26.6. The number of hydrogen-bond donors (Lipinski definition) is 4. The van der Waals surface area contributed by atoms with Gasteiger partial charge in [-0.05, 0) is 66.4 Å². The number of nitrogens with zero attached hydrogens (tertiary/aromatic N) is 1. The van der Waals surface area contributed by atoms with E-state index in [-0.39, 0.29) is 27.6 Å². The molecule has 0 unspecified atom stereocenters. The molecule has 5 rings (SSSR count). The van der Waals surface area contributed by atoms with Crippen molar-refractivity contribution in [1.82, 2.24) is 0 Å². The Morgan fingerprint density at radius 1 is 0.900 bits per heavy atom. The largest absolute Gasteiger partial charge is 0.505 e. The van der Waals surface area contributed by atoms with Crippen LogP contribution >= 0.6 is 0 Å². The molecule has 1 aliphatic rings. The van der Waals surface area contributed by atoms with E-state index in [0.717, 1.165) is 17.4 Å². The average Bonchev–Trinajstić information content (AvgIpc) is 3.23. The Morgan fingerprint density at radius 2 is 1.65 bits per heavy atom. The van der Waals surface area contributed by atoms with E-state index in [4.69, 9.17) is 0 Å². The molecule has 0 fully saturated rings. The number of fused-ring (bicyclic) bond motifs is 1. The number of benzene rings is 4. The number of carboxylic acids is 1. The molecule has 40 heavy (non-hydrogen) atoms. The fourth-order valence-electron chi connectivity index (χ4n) is 4.61. The van der Waals surface area contributed by atoms with Gasteiger partial charge >= 0.3 is 5.97 Å². The molecule has 0 aliphatic carbocycles. The Kier molecular flexibility index (Phi) is 6.64. The highest BCUT2D eigenvalue weighted by molar-refractivity contribution is 7.90. The van der Waals surface area contributed by atoms with Crippen LogP contribution in [0.4, 0.5) is 11.4 Å². The van der Waals surface area contributed by atoms with Crippen LogP contribution in [0.5, 0.6) is 5.75 Å². The summed E-state index contributed by atoms with van der Waals surface area (Å²) in [6, 6.07) is 19.6. The number of para-hydroxylation sites is 1. The Balaban J connectivity index is 1.58. The SMILES string of the molecule is Cc1ccc(-c2c(S(C)(=O)=O)ccc3c2NC(=O)C3=NNc2cccc(-c3cccc(C(=O)O)c3)c2O)cc1C. The minimum Gasteiger partial charge on any atom is -0.505 e. The number of carbonyl (C=O) groups is 2. The summed E-state index contributed by atoms with van der Waals surface area (Å²) < 4.78 is 25.4. The van der Waals surface area contributed by atoms with Gasteiger partial charge in [0.15, 0.2) is 15.5 Å².